The Morgan fingerprint density at radius 3 is 2.75 bits per heavy atom. The van der Waals surface area contributed by atoms with Crippen LogP contribution in [-0.4, -0.2) is 29.2 Å². The molecule has 8 heteroatoms. The van der Waals surface area contributed by atoms with Crippen LogP contribution in [0.2, 0.25) is 0 Å². The molecule has 0 aliphatic heterocycles. The van der Waals surface area contributed by atoms with E-state index in [0.29, 0.717) is 11.4 Å². The van der Waals surface area contributed by atoms with E-state index in [9.17, 15) is 13.6 Å². The van der Waals surface area contributed by atoms with E-state index in [-0.39, 0.29) is 18.0 Å². The fourth-order valence-corrected chi connectivity index (χ4v) is 2.78. The minimum absolute atomic E-state index is 0.126. The van der Waals surface area contributed by atoms with E-state index in [4.69, 9.17) is 4.74 Å². The molecule has 3 aromatic rings. The minimum atomic E-state index is -3.00. The third-order valence-electron chi connectivity index (χ3n) is 4.15. The van der Waals surface area contributed by atoms with Gasteiger partial charge in [-0.3, -0.25) is 4.79 Å². The smallest absolute Gasteiger partial charge is 0.387 e. The molecule has 2 aromatic carbocycles. The summed E-state index contributed by atoms with van der Waals surface area (Å²) in [6, 6.07) is 12.3. The summed E-state index contributed by atoms with van der Waals surface area (Å²) in [6.07, 6.45) is 2.64. The molecule has 146 valence electrons. The molecule has 0 unspecified atom stereocenters. The molecule has 0 aliphatic carbocycles. The highest BCUT2D eigenvalue weighted by Crippen LogP contribution is 2.33. The number of imidazole rings is 1. The van der Waals surface area contributed by atoms with Gasteiger partial charge in [0.2, 0.25) is 5.91 Å². The summed E-state index contributed by atoms with van der Waals surface area (Å²) < 4.78 is 36.8. The fourth-order valence-electron chi connectivity index (χ4n) is 2.78. The molecule has 28 heavy (non-hydrogen) atoms. The summed E-state index contributed by atoms with van der Waals surface area (Å²) in [5.41, 5.74) is 2.11. The predicted octanol–water partition coefficient (Wildman–Crippen LogP) is 3.51. The molecular weight excluding hydrogens is 368 g/mol. The SMILES string of the molecule is COc1cccc(/C=C/C(=O)NCc2nc3ccccc3n2C)c1OC(F)F. The summed E-state index contributed by atoms with van der Waals surface area (Å²) >= 11 is 0. The average molecular weight is 387 g/mol. The largest absolute Gasteiger partial charge is 0.493 e. The number of alkyl halides is 2. The number of halogens is 2. The zero-order valence-electron chi connectivity index (χ0n) is 15.4. The van der Waals surface area contributed by atoms with Gasteiger partial charge in [0.15, 0.2) is 11.5 Å². The number of nitrogens with one attached hydrogen (secondary N) is 1. The fraction of sp³-hybridized carbons (Fsp3) is 0.200. The average Bonchev–Trinajstić information content (AvgIpc) is 3.01. The second-order valence-electron chi connectivity index (χ2n) is 5.88. The minimum Gasteiger partial charge on any atom is -0.493 e. The van der Waals surface area contributed by atoms with Gasteiger partial charge in [-0.15, -0.1) is 0 Å². The first kappa shape index (κ1) is 19.3. The molecule has 0 bridgehead atoms. The van der Waals surface area contributed by atoms with E-state index in [2.05, 4.69) is 15.0 Å². The molecule has 0 spiro atoms. The maximum Gasteiger partial charge on any atom is 0.387 e. The zero-order valence-corrected chi connectivity index (χ0v) is 15.4. The summed E-state index contributed by atoms with van der Waals surface area (Å²) in [7, 11) is 3.22. The number of amides is 1. The van der Waals surface area contributed by atoms with Gasteiger partial charge in [0.1, 0.15) is 5.82 Å². The van der Waals surface area contributed by atoms with E-state index in [1.165, 1.54) is 25.3 Å². The normalized spacial score (nSPS) is 11.3. The summed E-state index contributed by atoms with van der Waals surface area (Å²) in [4.78, 5) is 16.6. The van der Waals surface area contributed by atoms with Gasteiger partial charge in [-0.2, -0.15) is 8.78 Å². The van der Waals surface area contributed by atoms with Crippen LogP contribution < -0.4 is 14.8 Å². The number of rotatable bonds is 7. The van der Waals surface area contributed by atoms with Crippen molar-refractivity contribution in [2.24, 2.45) is 7.05 Å². The lowest BCUT2D eigenvalue weighted by Gasteiger charge is -2.12. The first-order valence-corrected chi connectivity index (χ1v) is 8.47. The Hall–Kier alpha value is -3.42. The van der Waals surface area contributed by atoms with Crippen molar-refractivity contribution in [2.45, 2.75) is 13.2 Å². The maximum atomic E-state index is 12.7. The van der Waals surface area contributed by atoms with Crippen LogP contribution in [0.1, 0.15) is 11.4 Å². The van der Waals surface area contributed by atoms with Gasteiger partial charge in [-0.1, -0.05) is 24.3 Å². The highest BCUT2D eigenvalue weighted by molar-refractivity contribution is 5.92. The Kier molecular flexibility index (Phi) is 5.88. The summed E-state index contributed by atoms with van der Waals surface area (Å²) in [5, 5.41) is 2.73. The number of hydrogen-bond donors (Lipinski definition) is 1. The number of carbonyl (C=O) groups excluding carboxylic acids is 1. The Morgan fingerprint density at radius 1 is 1.25 bits per heavy atom. The number of benzene rings is 2. The van der Waals surface area contributed by atoms with Gasteiger partial charge >= 0.3 is 6.61 Å². The van der Waals surface area contributed by atoms with Crippen molar-refractivity contribution in [1.29, 1.82) is 0 Å². The number of para-hydroxylation sites is 3. The number of hydrogen-bond acceptors (Lipinski definition) is 4. The van der Waals surface area contributed by atoms with Gasteiger partial charge in [0, 0.05) is 18.7 Å². The molecule has 6 nitrogen and oxygen atoms in total. The molecule has 0 aliphatic rings. The number of nitrogens with zero attached hydrogens (tertiary/aromatic N) is 2. The molecule has 0 fully saturated rings. The standard InChI is InChI=1S/C20H19F2N3O3/c1-25-15-8-4-3-7-14(15)24-17(25)12-23-18(26)11-10-13-6-5-9-16(27-2)19(13)28-20(21)22/h3-11,20H,12H2,1-2H3,(H,23,26)/b11-10+. The van der Waals surface area contributed by atoms with Crippen molar-refractivity contribution in [3.63, 3.8) is 0 Å². The second-order valence-corrected chi connectivity index (χ2v) is 5.88. The molecule has 3 rings (SSSR count). The van der Waals surface area contributed by atoms with Crippen LogP contribution in [0, 0.1) is 0 Å². The lowest BCUT2D eigenvalue weighted by molar-refractivity contribution is -0.116. The number of aromatic nitrogens is 2. The van der Waals surface area contributed by atoms with Crippen LogP contribution >= 0.6 is 0 Å². The Bertz CT molecular complexity index is 1020. The lowest BCUT2D eigenvalue weighted by Crippen LogP contribution is -2.22. The van der Waals surface area contributed by atoms with Crippen LogP contribution in [0.5, 0.6) is 11.5 Å². The lowest BCUT2D eigenvalue weighted by atomic mass is 10.1. The molecule has 1 amide bonds. The van der Waals surface area contributed by atoms with E-state index in [1.807, 2.05) is 35.9 Å². The van der Waals surface area contributed by atoms with Crippen molar-refractivity contribution in [2.75, 3.05) is 7.11 Å². The van der Waals surface area contributed by atoms with Crippen molar-refractivity contribution >= 4 is 23.0 Å². The van der Waals surface area contributed by atoms with Crippen LogP contribution in [-0.2, 0) is 18.4 Å². The third-order valence-corrected chi connectivity index (χ3v) is 4.15. The van der Waals surface area contributed by atoms with Gasteiger partial charge in [0.05, 0.1) is 24.7 Å². The van der Waals surface area contributed by atoms with Crippen LogP contribution in [0.15, 0.2) is 48.5 Å². The van der Waals surface area contributed by atoms with Gasteiger partial charge in [-0.05, 0) is 24.3 Å². The van der Waals surface area contributed by atoms with E-state index in [1.54, 1.807) is 12.1 Å². The second kappa shape index (κ2) is 8.51. The quantitative estimate of drug-likeness (QED) is 0.630. The van der Waals surface area contributed by atoms with Gasteiger partial charge < -0.3 is 19.4 Å². The maximum absolute atomic E-state index is 12.7. The highest BCUT2D eigenvalue weighted by atomic mass is 19.3. The summed E-state index contributed by atoms with van der Waals surface area (Å²) in [6.45, 7) is -2.78. The molecule has 0 saturated heterocycles. The number of fused-ring (bicyclic) bond motifs is 1. The van der Waals surface area contributed by atoms with Crippen LogP contribution in [0.4, 0.5) is 8.78 Å². The topological polar surface area (TPSA) is 65.4 Å². The van der Waals surface area contributed by atoms with Gasteiger partial charge in [0.25, 0.3) is 0 Å². The number of carbonyl (C=O) groups is 1. The van der Waals surface area contributed by atoms with E-state index in [0.717, 1.165) is 11.0 Å². The first-order chi connectivity index (χ1) is 13.5. The Balaban J connectivity index is 1.71. The summed E-state index contributed by atoms with van der Waals surface area (Å²) in [5.74, 6) is 0.339. The molecule has 1 heterocycles. The molecule has 0 saturated carbocycles. The number of methoxy groups -OCH3 is 1. The Morgan fingerprint density at radius 2 is 2.04 bits per heavy atom. The number of ether oxygens (including phenoxy) is 2. The van der Waals surface area contributed by atoms with Crippen molar-refractivity contribution < 1.29 is 23.0 Å². The highest BCUT2D eigenvalue weighted by Gasteiger charge is 2.14. The molecule has 1 N–H and O–H groups in total. The van der Waals surface area contributed by atoms with E-state index >= 15 is 0 Å². The van der Waals surface area contributed by atoms with Crippen molar-refractivity contribution in [1.82, 2.24) is 14.9 Å². The van der Waals surface area contributed by atoms with Gasteiger partial charge in [-0.25, -0.2) is 4.98 Å². The number of aryl methyl sites for hydroxylation is 1. The van der Waals surface area contributed by atoms with Crippen LogP contribution in [0.25, 0.3) is 17.1 Å². The van der Waals surface area contributed by atoms with Crippen molar-refractivity contribution in [3.8, 4) is 11.5 Å². The predicted molar refractivity (Wildman–Crippen MR) is 101 cm³/mol. The van der Waals surface area contributed by atoms with Crippen molar-refractivity contribution in [3.05, 3.63) is 59.9 Å². The molecule has 0 atom stereocenters. The van der Waals surface area contributed by atoms with Crippen LogP contribution in [0.3, 0.4) is 0 Å². The molecule has 1 aromatic heterocycles. The first-order valence-electron chi connectivity index (χ1n) is 8.47. The monoisotopic (exact) mass is 387 g/mol. The molecule has 0 radical (unpaired) electrons. The zero-order chi connectivity index (χ0) is 20.1. The third kappa shape index (κ3) is 4.28. The Labute approximate surface area is 160 Å². The molecular formula is C20H19F2N3O3. The van der Waals surface area contributed by atoms with E-state index < -0.39 is 12.5 Å².